The molecule has 1 aromatic carbocycles. The summed E-state index contributed by atoms with van der Waals surface area (Å²) in [6.45, 7) is 2.24. The molecule has 0 spiro atoms. The van der Waals surface area contributed by atoms with Crippen molar-refractivity contribution in [1.82, 2.24) is 10.2 Å². The summed E-state index contributed by atoms with van der Waals surface area (Å²) in [5.41, 5.74) is 1.02. The van der Waals surface area contributed by atoms with Crippen molar-refractivity contribution < 1.29 is 23.7 Å². The first-order valence-electron chi connectivity index (χ1n) is 9.40. The molecule has 28 heavy (non-hydrogen) atoms. The fraction of sp³-hybridized carbons (Fsp3) is 0.600. The summed E-state index contributed by atoms with van der Waals surface area (Å²) >= 11 is 0. The highest BCUT2D eigenvalue weighted by Gasteiger charge is 2.27. The van der Waals surface area contributed by atoms with Gasteiger partial charge >= 0.3 is 5.97 Å². The molecule has 8 nitrogen and oxygen atoms in total. The number of methoxy groups -OCH3 is 4. The van der Waals surface area contributed by atoms with Gasteiger partial charge in [-0.1, -0.05) is 6.07 Å². The molecule has 0 aromatic heterocycles. The second-order valence-corrected chi connectivity index (χ2v) is 6.50. The van der Waals surface area contributed by atoms with E-state index in [-0.39, 0.29) is 11.9 Å². The Balaban J connectivity index is 1.94. The van der Waals surface area contributed by atoms with Gasteiger partial charge in [-0.05, 0) is 25.3 Å². The van der Waals surface area contributed by atoms with Crippen molar-refractivity contribution in [3.8, 4) is 17.2 Å². The Labute approximate surface area is 166 Å². The average molecular weight is 393 g/mol. The number of esters is 1. The normalized spacial score (nSPS) is 15.2. The number of nitrogens with one attached hydrogen (secondary N) is 1. The van der Waals surface area contributed by atoms with Crippen molar-refractivity contribution in [2.45, 2.75) is 19.3 Å². The Morgan fingerprint density at radius 1 is 1.11 bits per heavy atom. The number of aliphatic imine (C=N–C) groups is 1. The van der Waals surface area contributed by atoms with Crippen LogP contribution in [0.3, 0.4) is 0 Å². The van der Waals surface area contributed by atoms with Gasteiger partial charge in [0, 0.05) is 32.2 Å². The number of piperidine rings is 1. The zero-order valence-electron chi connectivity index (χ0n) is 17.4. The summed E-state index contributed by atoms with van der Waals surface area (Å²) in [7, 11) is 8.04. The zero-order valence-corrected chi connectivity index (χ0v) is 17.4. The first-order chi connectivity index (χ1) is 13.6. The Morgan fingerprint density at radius 2 is 1.79 bits per heavy atom. The quantitative estimate of drug-likeness (QED) is 0.429. The van der Waals surface area contributed by atoms with Gasteiger partial charge in [0.2, 0.25) is 5.75 Å². The molecule has 2 rings (SSSR count). The Hall–Kier alpha value is -2.64. The minimum Gasteiger partial charge on any atom is -0.493 e. The van der Waals surface area contributed by atoms with Crippen LogP contribution >= 0.6 is 0 Å². The van der Waals surface area contributed by atoms with Crippen LogP contribution in [0.2, 0.25) is 0 Å². The highest BCUT2D eigenvalue weighted by molar-refractivity contribution is 5.80. The Bertz CT molecular complexity index is 685. The van der Waals surface area contributed by atoms with Crippen LogP contribution in [0.15, 0.2) is 17.1 Å². The molecule has 0 aliphatic carbocycles. The van der Waals surface area contributed by atoms with Crippen LogP contribution in [-0.4, -0.2) is 71.9 Å². The zero-order chi connectivity index (χ0) is 20.5. The molecule has 1 fully saturated rings. The SMILES string of the molecule is CN=C(NCCc1ccc(OC)c(OC)c1OC)N1CCC(C(=O)OC)CC1. The third kappa shape index (κ3) is 4.99. The first kappa shape index (κ1) is 21.7. The van der Waals surface area contributed by atoms with E-state index in [0.717, 1.165) is 43.9 Å². The smallest absolute Gasteiger partial charge is 0.308 e. The molecular formula is C20H31N3O5. The second kappa shape index (κ2) is 10.6. The van der Waals surface area contributed by atoms with Crippen LogP contribution in [0.4, 0.5) is 0 Å². The van der Waals surface area contributed by atoms with E-state index in [2.05, 4.69) is 15.2 Å². The number of carbonyl (C=O) groups is 1. The molecule has 156 valence electrons. The van der Waals surface area contributed by atoms with Crippen molar-refractivity contribution in [1.29, 1.82) is 0 Å². The van der Waals surface area contributed by atoms with Gasteiger partial charge in [0.25, 0.3) is 0 Å². The molecule has 1 aromatic rings. The van der Waals surface area contributed by atoms with Crippen molar-refractivity contribution in [2.24, 2.45) is 10.9 Å². The van der Waals surface area contributed by atoms with Crippen LogP contribution in [0, 0.1) is 5.92 Å². The second-order valence-electron chi connectivity index (χ2n) is 6.50. The number of carbonyl (C=O) groups excluding carboxylic acids is 1. The van der Waals surface area contributed by atoms with E-state index in [9.17, 15) is 4.79 Å². The number of likely N-dealkylation sites (tertiary alicyclic amines) is 1. The van der Waals surface area contributed by atoms with Gasteiger partial charge in [-0.15, -0.1) is 0 Å². The van der Waals surface area contributed by atoms with Gasteiger partial charge in [0.15, 0.2) is 17.5 Å². The third-order valence-corrected chi connectivity index (χ3v) is 5.00. The van der Waals surface area contributed by atoms with Crippen molar-refractivity contribution >= 4 is 11.9 Å². The molecule has 0 radical (unpaired) electrons. The van der Waals surface area contributed by atoms with Gasteiger partial charge in [-0.2, -0.15) is 0 Å². The lowest BCUT2D eigenvalue weighted by molar-refractivity contribution is -0.146. The van der Waals surface area contributed by atoms with Gasteiger partial charge in [0.05, 0.1) is 34.4 Å². The summed E-state index contributed by atoms with van der Waals surface area (Å²) < 4.78 is 21.2. The van der Waals surface area contributed by atoms with Crippen molar-refractivity contribution in [2.75, 3.05) is 55.1 Å². The molecular weight excluding hydrogens is 362 g/mol. The standard InChI is InChI=1S/C20H31N3O5/c1-21-20(23-12-9-15(10-13-23)19(24)28-5)22-11-8-14-6-7-16(25-2)18(27-4)17(14)26-3/h6-7,15H,8-13H2,1-5H3,(H,21,22). The van der Waals surface area contributed by atoms with E-state index in [0.29, 0.717) is 23.8 Å². The van der Waals surface area contributed by atoms with Crippen LogP contribution in [0.5, 0.6) is 17.2 Å². The minimum absolute atomic E-state index is 0.0182. The number of rotatable bonds is 7. The van der Waals surface area contributed by atoms with Crippen LogP contribution in [0.1, 0.15) is 18.4 Å². The maximum absolute atomic E-state index is 11.7. The topological polar surface area (TPSA) is 81.6 Å². The number of nitrogens with zero attached hydrogens (tertiary/aromatic N) is 2. The van der Waals surface area contributed by atoms with Gasteiger partial charge in [-0.3, -0.25) is 9.79 Å². The lowest BCUT2D eigenvalue weighted by Crippen LogP contribution is -2.47. The largest absolute Gasteiger partial charge is 0.493 e. The predicted octanol–water partition coefficient (Wildman–Crippen LogP) is 1.72. The fourth-order valence-corrected chi connectivity index (χ4v) is 3.49. The lowest BCUT2D eigenvalue weighted by atomic mass is 9.97. The summed E-state index contributed by atoms with van der Waals surface area (Å²) in [6.07, 6.45) is 2.29. The fourth-order valence-electron chi connectivity index (χ4n) is 3.49. The maximum Gasteiger partial charge on any atom is 0.308 e. The van der Waals surface area contributed by atoms with Gasteiger partial charge < -0.3 is 29.2 Å². The van der Waals surface area contributed by atoms with Crippen LogP contribution in [0.25, 0.3) is 0 Å². The van der Waals surface area contributed by atoms with E-state index in [1.165, 1.54) is 7.11 Å². The highest BCUT2D eigenvalue weighted by atomic mass is 16.5. The molecule has 1 aliphatic heterocycles. The molecule has 8 heteroatoms. The molecule has 0 bridgehead atoms. The number of ether oxygens (including phenoxy) is 4. The van der Waals surface area contributed by atoms with Crippen molar-refractivity contribution in [3.63, 3.8) is 0 Å². The number of guanidine groups is 1. The molecule has 1 saturated heterocycles. The summed E-state index contributed by atoms with van der Waals surface area (Å²) in [5.74, 6) is 2.61. The van der Waals surface area contributed by atoms with Gasteiger partial charge in [-0.25, -0.2) is 0 Å². The molecule has 0 saturated carbocycles. The van der Waals surface area contributed by atoms with E-state index >= 15 is 0 Å². The number of benzene rings is 1. The molecule has 0 amide bonds. The van der Waals surface area contributed by atoms with E-state index in [1.807, 2.05) is 12.1 Å². The van der Waals surface area contributed by atoms with E-state index in [1.54, 1.807) is 28.4 Å². The van der Waals surface area contributed by atoms with E-state index < -0.39 is 0 Å². The average Bonchev–Trinajstić information content (AvgIpc) is 2.75. The third-order valence-electron chi connectivity index (χ3n) is 5.00. The molecule has 1 N–H and O–H groups in total. The maximum atomic E-state index is 11.7. The summed E-state index contributed by atoms with van der Waals surface area (Å²) in [5, 5.41) is 3.40. The number of hydrogen-bond acceptors (Lipinski definition) is 6. The molecule has 0 unspecified atom stereocenters. The van der Waals surface area contributed by atoms with Crippen LogP contribution < -0.4 is 19.5 Å². The predicted molar refractivity (Wildman–Crippen MR) is 107 cm³/mol. The Morgan fingerprint density at radius 3 is 2.32 bits per heavy atom. The summed E-state index contributed by atoms with van der Waals surface area (Å²) in [4.78, 5) is 18.2. The van der Waals surface area contributed by atoms with E-state index in [4.69, 9.17) is 18.9 Å². The van der Waals surface area contributed by atoms with Crippen molar-refractivity contribution in [3.05, 3.63) is 17.7 Å². The lowest BCUT2D eigenvalue weighted by Gasteiger charge is -2.33. The molecule has 1 aliphatic rings. The molecule has 1 heterocycles. The highest BCUT2D eigenvalue weighted by Crippen LogP contribution is 2.39. The monoisotopic (exact) mass is 393 g/mol. The Kier molecular flexibility index (Phi) is 8.22. The van der Waals surface area contributed by atoms with Crippen LogP contribution in [-0.2, 0) is 16.0 Å². The minimum atomic E-state index is -0.122. The first-order valence-corrected chi connectivity index (χ1v) is 9.40. The van der Waals surface area contributed by atoms with Gasteiger partial charge in [0.1, 0.15) is 0 Å². The number of hydrogen-bond donors (Lipinski definition) is 1. The molecule has 0 atom stereocenters. The summed E-state index contributed by atoms with van der Waals surface area (Å²) in [6, 6.07) is 3.86.